The van der Waals surface area contributed by atoms with Crippen LogP contribution in [-0.4, -0.2) is 20.3 Å². The highest BCUT2D eigenvalue weighted by molar-refractivity contribution is 7.14. The van der Waals surface area contributed by atoms with Gasteiger partial charge in [-0.15, -0.1) is 10.2 Å². The molecule has 4 rings (SSSR count). The Kier molecular flexibility index (Phi) is 3.27. The number of aromatic hydroxyl groups is 1. The van der Waals surface area contributed by atoms with Crippen molar-refractivity contribution in [2.24, 2.45) is 0 Å². The molecule has 0 amide bonds. The first-order valence-corrected chi connectivity index (χ1v) is 7.66. The molecule has 0 atom stereocenters. The Balaban J connectivity index is 1.66. The van der Waals surface area contributed by atoms with Crippen LogP contribution in [0.25, 0.3) is 21.9 Å². The quantitative estimate of drug-likeness (QED) is 0.620. The number of pyridine rings is 1. The maximum absolute atomic E-state index is 12.9. The highest BCUT2D eigenvalue weighted by Crippen LogP contribution is 2.39. The van der Waals surface area contributed by atoms with Crippen LogP contribution in [0.2, 0.25) is 0 Å². The Morgan fingerprint density at radius 1 is 1.13 bits per heavy atom. The van der Waals surface area contributed by atoms with Crippen LogP contribution in [0.3, 0.4) is 0 Å². The normalized spacial score (nSPS) is 11.2. The lowest BCUT2D eigenvalue weighted by Gasteiger charge is -1.96. The molecule has 3 heterocycles. The molecule has 0 unspecified atom stereocenters. The van der Waals surface area contributed by atoms with Crippen molar-refractivity contribution in [2.75, 3.05) is 0 Å². The molecule has 3 aromatic heterocycles. The summed E-state index contributed by atoms with van der Waals surface area (Å²) in [6.07, 6.45) is 2.12. The predicted molar refractivity (Wildman–Crippen MR) is 83.8 cm³/mol. The average Bonchev–Trinajstić information content (AvgIpc) is 3.15. The van der Waals surface area contributed by atoms with Crippen molar-refractivity contribution in [3.63, 3.8) is 0 Å². The van der Waals surface area contributed by atoms with Crippen LogP contribution in [0.1, 0.15) is 10.6 Å². The summed E-state index contributed by atoms with van der Waals surface area (Å²) in [4.78, 5) is 4.09. The van der Waals surface area contributed by atoms with E-state index in [-0.39, 0.29) is 17.3 Å². The van der Waals surface area contributed by atoms with Crippen LogP contribution in [0.4, 0.5) is 4.39 Å². The number of furan rings is 1. The molecule has 23 heavy (non-hydrogen) atoms. The van der Waals surface area contributed by atoms with E-state index in [0.29, 0.717) is 22.5 Å². The number of benzene rings is 1. The molecule has 0 spiro atoms. The molecule has 1 N–H and O–H groups in total. The standard InChI is InChI=1S/C16H10FN3O2S/c17-10-5-3-9(4-6-10)8-12-19-20-16(23-12)15-14(21)13-11(22-15)2-1-7-18-13/h1-7,21H,8H2. The second kappa shape index (κ2) is 5.44. The molecule has 0 radical (unpaired) electrons. The topological polar surface area (TPSA) is 72.0 Å². The maximum atomic E-state index is 12.9. The zero-order chi connectivity index (χ0) is 15.8. The Morgan fingerprint density at radius 2 is 1.96 bits per heavy atom. The zero-order valence-corrected chi connectivity index (χ0v) is 12.5. The minimum atomic E-state index is -0.272. The molecule has 7 heteroatoms. The maximum Gasteiger partial charge on any atom is 0.209 e. The molecular formula is C16H10FN3O2S. The molecule has 114 valence electrons. The molecule has 4 aromatic rings. The van der Waals surface area contributed by atoms with Gasteiger partial charge in [-0.2, -0.15) is 0 Å². The zero-order valence-electron chi connectivity index (χ0n) is 11.7. The lowest BCUT2D eigenvalue weighted by Crippen LogP contribution is -1.87. The number of aromatic nitrogens is 3. The molecule has 0 fully saturated rings. The predicted octanol–water partition coefficient (Wildman–Crippen LogP) is 3.78. The van der Waals surface area contributed by atoms with Crippen LogP contribution in [-0.2, 0) is 6.42 Å². The van der Waals surface area contributed by atoms with Crippen LogP contribution >= 0.6 is 11.3 Å². The lowest BCUT2D eigenvalue weighted by atomic mass is 10.2. The minimum absolute atomic E-state index is 0.0370. The van der Waals surface area contributed by atoms with Crippen LogP contribution < -0.4 is 0 Å². The Morgan fingerprint density at radius 3 is 2.74 bits per heavy atom. The highest BCUT2D eigenvalue weighted by Gasteiger charge is 2.19. The van der Waals surface area contributed by atoms with Gasteiger partial charge in [0, 0.05) is 12.6 Å². The number of hydrogen-bond donors (Lipinski definition) is 1. The van der Waals surface area contributed by atoms with Gasteiger partial charge < -0.3 is 9.52 Å². The molecule has 0 aliphatic rings. The first-order valence-electron chi connectivity index (χ1n) is 6.84. The number of fused-ring (bicyclic) bond motifs is 1. The Bertz CT molecular complexity index is 979. The van der Waals surface area contributed by atoms with Gasteiger partial charge in [-0.05, 0) is 29.8 Å². The van der Waals surface area contributed by atoms with Crippen molar-refractivity contribution in [2.45, 2.75) is 6.42 Å². The largest absolute Gasteiger partial charge is 0.503 e. The van der Waals surface area contributed by atoms with Crippen molar-refractivity contribution < 1.29 is 13.9 Å². The van der Waals surface area contributed by atoms with Gasteiger partial charge in [0.05, 0.1) is 0 Å². The van der Waals surface area contributed by atoms with Crippen molar-refractivity contribution in [1.29, 1.82) is 0 Å². The molecule has 0 aliphatic heterocycles. The third kappa shape index (κ3) is 2.55. The summed E-state index contributed by atoms with van der Waals surface area (Å²) in [5, 5.41) is 19.6. The summed E-state index contributed by atoms with van der Waals surface area (Å²) in [5.74, 6) is -0.0435. The number of hydrogen-bond acceptors (Lipinski definition) is 6. The van der Waals surface area contributed by atoms with E-state index in [1.807, 2.05) is 0 Å². The first-order chi connectivity index (χ1) is 11.2. The second-order valence-electron chi connectivity index (χ2n) is 4.93. The lowest BCUT2D eigenvalue weighted by molar-refractivity contribution is 0.469. The van der Waals surface area contributed by atoms with Gasteiger partial charge >= 0.3 is 0 Å². The monoisotopic (exact) mass is 327 g/mol. The van der Waals surface area contributed by atoms with Gasteiger partial charge in [-0.3, -0.25) is 0 Å². The van der Waals surface area contributed by atoms with Crippen LogP contribution in [0.15, 0.2) is 47.0 Å². The van der Waals surface area contributed by atoms with Crippen LogP contribution in [0.5, 0.6) is 5.75 Å². The smallest absolute Gasteiger partial charge is 0.209 e. The number of rotatable bonds is 3. The minimum Gasteiger partial charge on any atom is -0.503 e. The summed E-state index contributed by atoms with van der Waals surface area (Å²) in [6, 6.07) is 9.70. The van der Waals surface area contributed by atoms with E-state index in [1.54, 1.807) is 30.5 Å². The third-order valence-electron chi connectivity index (χ3n) is 3.35. The number of nitrogens with zero attached hydrogens (tertiary/aromatic N) is 3. The SMILES string of the molecule is Oc1c(-c2nnc(Cc3ccc(F)cc3)s2)oc2cccnc12. The molecule has 0 bridgehead atoms. The van der Waals surface area contributed by atoms with E-state index in [9.17, 15) is 9.50 Å². The van der Waals surface area contributed by atoms with Gasteiger partial charge in [-0.25, -0.2) is 9.37 Å². The van der Waals surface area contributed by atoms with E-state index in [2.05, 4.69) is 15.2 Å². The fourth-order valence-electron chi connectivity index (χ4n) is 2.26. The molecule has 0 saturated carbocycles. The van der Waals surface area contributed by atoms with Gasteiger partial charge in [0.2, 0.25) is 5.76 Å². The van der Waals surface area contributed by atoms with Gasteiger partial charge in [0.25, 0.3) is 0 Å². The van der Waals surface area contributed by atoms with Crippen molar-refractivity contribution in [3.8, 4) is 16.5 Å². The summed E-state index contributed by atoms with van der Waals surface area (Å²) < 4.78 is 18.5. The van der Waals surface area contributed by atoms with E-state index < -0.39 is 0 Å². The first kappa shape index (κ1) is 13.8. The fourth-order valence-corrected chi connectivity index (χ4v) is 3.11. The average molecular weight is 327 g/mol. The summed E-state index contributed by atoms with van der Waals surface area (Å²) in [7, 11) is 0. The van der Waals surface area contributed by atoms with E-state index in [4.69, 9.17) is 4.42 Å². The van der Waals surface area contributed by atoms with E-state index >= 15 is 0 Å². The third-order valence-corrected chi connectivity index (χ3v) is 4.27. The van der Waals surface area contributed by atoms with Crippen molar-refractivity contribution >= 4 is 22.4 Å². The molecule has 1 aromatic carbocycles. The van der Waals surface area contributed by atoms with E-state index in [0.717, 1.165) is 10.6 Å². The Labute approximate surface area is 134 Å². The summed E-state index contributed by atoms with van der Waals surface area (Å²) >= 11 is 1.32. The second-order valence-corrected chi connectivity index (χ2v) is 6.00. The van der Waals surface area contributed by atoms with E-state index in [1.165, 1.54) is 23.5 Å². The molecule has 0 saturated heterocycles. The summed E-state index contributed by atoms with van der Waals surface area (Å²) in [5.41, 5.74) is 1.83. The Hall–Kier alpha value is -2.80. The van der Waals surface area contributed by atoms with Gasteiger partial charge in [0.1, 0.15) is 10.8 Å². The van der Waals surface area contributed by atoms with Gasteiger partial charge in [0.15, 0.2) is 21.9 Å². The van der Waals surface area contributed by atoms with Crippen molar-refractivity contribution in [3.05, 3.63) is 59.0 Å². The highest BCUT2D eigenvalue weighted by atomic mass is 32.1. The molecular weight excluding hydrogens is 317 g/mol. The fraction of sp³-hybridized carbons (Fsp3) is 0.0625. The van der Waals surface area contributed by atoms with Gasteiger partial charge in [-0.1, -0.05) is 23.5 Å². The summed E-state index contributed by atoms with van der Waals surface area (Å²) in [6.45, 7) is 0. The molecule has 5 nitrogen and oxygen atoms in total. The van der Waals surface area contributed by atoms with Crippen molar-refractivity contribution in [1.82, 2.24) is 15.2 Å². The van der Waals surface area contributed by atoms with Crippen LogP contribution in [0, 0.1) is 5.82 Å². The number of halogens is 1. The molecule has 0 aliphatic carbocycles.